The zero-order valence-electron chi connectivity index (χ0n) is 11.8. The van der Waals surface area contributed by atoms with E-state index in [2.05, 4.69) is 5.32 Å². The van der Waals surface area contributed by atoms with Crippen LogP contribution >= 0.6 is 0 Å². The summed E-state index contributed by atoms with van der Waals surface area (Å²) in [5.74, 6) is 0.417. The van der Waals surface area contributed by atoms with Gasteiger partial charge in [0.15, 0.2) is 5.78 Å². The van der Waals surface area contributed by atoms with E-state index in [4.69, 9.17) is 0 Å². The van der Waals surface area contributed by atoms with Crippen LogP contribution in [-0.2, 0) is 4.79 Å². The molecule has 4 nitrogen and oxygen atoms in total. The van der Waals surface area contributed by atoms with Crippen LogP contribution in [-0.4, -0.2) is 30.7 Å². The molecule has 4 heteroatoms. The normalized spacial score (nSPS) is 20.4. The zero-order chi connectivity index (χ0) is 14.3. The molecule has 1 aliphatic carbocycles. The van der Waals surface area contributed by atoms with E-state index in [1.807, 2.05) is 32.3 Å². The molecule has 1 saturated carbocycles. The van der Waals surface area contributed by atoms with Crippen molar-refractivity contribution >= 4 is 17.4 Å². The van der Waals surface area contributed by atoms with Gasteiger partial charge in [0.05, 0.1) is 12.1 Å². The lowest BCUT2D eigenvalue weighted by atomic mass is 9.99. The summed E-state index contributed by atoms with van der Waals surface area (Å²) in [6.07, 6.45) is 4.26. The van der Waals surface area contributed by atoms with Crippen LogP contribution in [0.2, 0.25) is 0 Å². The maximum absolute atomic E-state index is 12.5. The van der Waals surface area contributed by atoms with E-state index in [1.54, 1.807) is 11.1 Å². The first-order chi connectivity index (χ1) is 9.54. The molecule has 3 rings (SSSR count). The standard InChI is InChI=1S/C16H18N2O2/c1-18(2)9-12-8-15(19)17-14-7-11(10-3-4-10)5-6-13(14)16(12)20/h5-7,9-10H,3-4,8H2,1-2H3,(H,17,19). The second kappa shape index (κ2) is 4.78. The van der Waals surface area contributed by atoms with E-state index >= 15 is 0 Å². The van der Waals surface area contributed by atoms with Gasteiger partial charge >= 0.3 is 0 Å². The van der Waals surface area contributed by atoms with Crippen molar-refractivity contribution in [3.05, 3.63) is 41.1 Å². The molecule has 0 bridgehead atoms. The van der Waals surface area contributed by atoms with Gasteiger partial charge in [-0.15, -0.1) is 0 Å². The minimum atomic E-state index is -0.127. The lowest BCUT2D eigenvalue weighted by Gasteiger charge is -2.09. The van der Waals surface area contributed by atoms with Crippen LogP contribution < -0.4 is 5.32 Å². The first kappa shape index (κ1) is 12.9. The fourth-order valence-corrected chi connectivity index (χ4v) is 2.57. The van der Waals surface area contributed by atoms with Gasteiger partial charge in [0.1, 0.15) is 0 Å². The third kappa shape index (κ3) is 2.46. The van der Waals surface area contributed by atoms with Crippen molar-refractivity contribution in [2.75, 3.05) is 19.4 Å². The SMILES string of the molecule is CN(C)C=C1CC(=O)Nc2cc(C3CC3)ccc2C1=O. The fourth-order valence-electron chi connectivity index (χ4n) is 2.57. The Morgan fingerprint density at radius 1 is 1.25 bits per heavy atom. The molecule has 0 spiro atoms. The molecule has 1 aromatic rings. The van der Waals surface area contributed by atoms with E-state index in [-0.39, 0.29) is 18.1 Å². The molecule has 104 valence electrons. The second-order valence-electron chi connectivity index (χ2n) is 5.75. The third-order valence-corrected chi connectivity index (χ3v) is 3.67. The van der Waals surface area contributed by atoms with Gasteiger partial charge < -0.3 is 10.2 Å². The van der Waals surface area contributed by atoms with E-state index < -0.39 is 0 Å². The van der Waals surface area contributed by atoms with E-state index in [9.17, 15) is 9.59 Å². The number of carbonyl (C=O) groups is 2. The number of anilines is 1. The molecule has 1 N–H and O–H groups in total. The topological polar surface area (TPSA) is 49.4 Å². The van der Waals surface area contributed by atoms with Crippen molar-refractivity contribution < 1.29 is 9.59 Å². The largest absolute Gasteiger partial charge is 0.383 e. The maximum Gasteiger partial charge on any atom is 0.229 e. The number of Topliss-reactive ketones (excluding diaryl/α,β-unsaturated/α-hetero) is 1. The number of fused-ring (bicyclic) bond motifs is 1. The molecule has 2 aliphatic rings. The van der Waals surface area contributed by atoms with Crippen LogP contribution in [0.3, 0.4) is 0 Å². The quantitative estimate of drug-likeness (QED) is 0.840. The number of hydrogen-bond donors (Lipinski definition) is 1. The predicted octanol–water partition coefficient (Wildman–Crippen LogP) is 2.53. The Hall–Kier alpha value is -2.10. The van der Waals surface area contributed by atoms with Crippen LogP contribution in [0.5, 0.6) is 0 Å². The first-order valence-electron chi connectivity index (χ1n) is 6.90. The molecule has 0 saturated heterocycles. The van der Waals surface area contributed by atoms with Gasteiger partial charge in [-0.3, -0.25) is 9.59 Å². The molecule has 1 fully saturated rings. The maximum atomic E-state index is 12.5. The highest BCUT2D eigenvalue weighted by atomic mass is 16.2. The van der Waals surface area contributed by atoms with Crippen molar-refractivity contribution in [2.24, 2.45) is 0 Å². The zero-order valence-corrected chi connectivity index (χ0v) is 11.8. The summed E-state index contributed by atoms with van der Waals surface area (Å²) >= 11 is 0. The average Bonchev–Trinajstić information content (AvgIpc) is 3.20. The molecule has 0 atom stereocenters. The summed E-state index contributed by atoms with van der Waals surface area (Å²) in [6, 6.07) is 5.82. The Morgan fingerprint density at radius 3 is 2.65 bits per heavy atom. The van der Waals surface area contributed by atoms with Gasteiger partial charge in [0, 0.05) is 31.4 Å². The van der Waals surface area contributed by atoms with Gasteiger partial charge in [0.25, 0.3) is 0 Å². The second-order valence-corrected chi connectivity index (χ2v) is 5.75. The molecule has 0 unspecified atom stereocenters. The number of ketones is 1. The summed E-state index contributed by atoms with van der Waals surface area (Å²) in [4.78, 5) is 26.3. The van der Waals surface area contributed by atoms with Crippen molar-refractivity contribution in [3.63, 3.8) is 0 Å². The highest BCUT2D eigenvalue weighted by Crippen LogP contribution is 2.41. The first-order valence-corrected chi connectivity index (χ1v) is 6.90. The van der Waals surface area contributed by atoms with Crippen LogP contribution in [0, 0.1) is 0 Å². The Balaban J connectivity index is 2.03. The monoisotopic (exact) mass is 270 g/mol. The lowest BCUT2D eigenvalue weighted by molar-refractivity contribution is -0.115. The molecule has 0 radical (unpaired) electrons. The van der Waals surface area contributed by atoms with Crippen LogP contribution in [0.1, 0.15) is 41.1 Å². The molecule has 1 aliphatic heterocycles. The van der Waals surface area contributed by atoms with Crippen molar-refractivity contribution in [1.29, 1.82) is 0 Å². The van der Waals surface area contributed by atoms with E-state index in [0.717, 1.165) is 0 Å². The minimum Gasteiger partial charge on any atom is -0.383 e. The number of carbonyl (C=O) groups excluding carboxylic acids is 2. The van der Waals surface area contributed by atoms with Gasteiger partial charge in [-0.1, -0.05) is 6.07 Å². The van der Waals surface area contributed by atoms with E-state index in [0.29, 0.717) is 22.7 Å². The highest BCUT2D eigenvalue weighted by Gasteiger charge is 2.28. The molecular formula is C16H18N2O2. The number of amides is 1. The molecular weight excluding hydrogens is 252 g/mol. The number of rotatable bonds is 2. The van der Waals surface area contributed by atoms with Crippen LogP contribution in [0.25, 0.3) is 0 Å². The molecule has 1 heterocycles. The summed E-state index contributed by atoms with van der Waals surface area (Å²) in [5.41, 5.74) is 3.00. The molecule has 0 aromatic heterocycles. The highest BCUT2D eigenvalue weighted by molar-refractivity contribution is 6.18. The average molecular weight is 270 g/mol. The fraction of sp³-hybridized carbons (Fsp3) is 0.375. The lowest BCUT2D eigenvalue weighted by Crippen LogP contribution is -2.12. The van der Waals surface area contributed by atoms with Gasteiger partial charge in [-0.25, -0.2) is 0 Å². The molecule has 1 aromatic carbocycles. The van der Waals surface area contributed by atoms with E-state index in [1.165, 1.54) is 18.4 Å². The number of nitrogens with zero attached hydrogens (tertiary/aromatic N) is 1. The summed E-state index contributed by atoms with van der Waals surface area (Å²) in [6.45, 7) is 0. The summed E-state index contributed by atoms with van der Waals surface area (Å²) < 4.78 is 0. The minimum absolute atomic E-state index is 0.0607. The Bertz CT molecular complexity index is 613. The summed E-state index contributed by atoms with van der Waals surface area (Å²) in [7, 11) is 3.69. The van der Waals surface area contributed by atoms with Crippen LogP contribution in [0.4, 0.5) is 5.69 Å². The Morgan fingerprint density at radius 2 is 2.00 bits per heavy atom. The van der Waals surface area contributed by atoms with Crippen LogP contribution in [0.15, 0.2) is 30.0 Å². The van der Waals surface area contributed by atoms with Gasteiger partial charge in [0.2, 0.25) is 5.91 Å². The molecule has 20 heavy (non-hydrogen) atoms. The van der Waals surface area contributed by atoms with Crippen molar-refractivity contribution in [1.82, 2.24) is 4.90 Å². The van der Waals surface area contributed by atoms with Crippen molar-refractivity contribution in [3.8, 4) is 0 Å². The smallest absolute Gasteiger partial charge is 0.229 e. The number of hydrogen-bond acceptors (Lipinski definition) is 3. The number of benzene rings is 1. The number of nitrogens with one attached hydrogen (secondary N) is 1. The third-order valence-electron chi connectivity index (χ3n) is 3.67. The van der Waals surface area contributed by atoms with Gasteiger partial charge in [-0.2, -0.15) is 0 Å². The predicted molar refractivity (Wildman–Crippen MR) is 77.8 cm³/mol. The Kier molecular flexibility index (Phi) is 3.08. The summed E-state index contributed by atoms with van der Waals surface area (Å²) in [5, 5.41) is 2.86. The van der Waals surface area contributed by atoms with Crippen molar-refractivity contribution in [2.45, 2.75) is 25.2 Å². The Labute approximate surface area is 118 Å². The van der Waals surface area contributed by atoms with Gasteiger partial charge in [-0.05, 0) is 36.5 Å². The molecule has 1 amide bonds.